The maximum Gasteiger partial charge on any atom is 0.337 e. The second-order valence-corrected chi connectivity index (χ2v) is 6.68. The normalized spacial score (nSPS) is 20.8. The molecule has 2 aliphatic rings. The van der Waals surface area contributed by atoms with E-state index in [1.165, 1.54) is 7.11 Å². The van der Waals surface area contributed by atoms with Gasteiger partial charge in [0.05, 0.1) is 18.6 Å². The molecule has 0 aromatic heterocycles. The smallest absolute Gasteiger partial charge is 0.337 e. The standard InChI is InChI=1S/C19H23NO5/c1-24-18(22)14-8-6-13(7-9-14)12-25-19(23)15-10-17(21)20(11-15)16-4-2-3-5-16/h6-9,15-16H,2-5,10-12H2,1H3/t15-/m0/s1. The van der Waals surface area contributed by atoms with E-state index in [9.17, 15) is 14.4 Å². The molecule has 1 aliphatic carbocycles. The number of ether oxygens (including phenoxy) is 2. The fourth-order valence-corrected chi connectivity index (χ4v) is 3.59. The molecule has 25 heavy (non-hydrogen) atoms. The zero-order chi connectivity index (χ0) is 17.8. The Morgan fingerprint density at radius 3 is 2.48 bits per heavy atom. The van der Waals surface area contributed by atoms with E-state index in [1.807, 2.05) is 4.90 Å². The molecule has 3 rings (SSSR count). The third kappa shape index (κ3) is 4.00. The van der Waals surface area contributed by atoms with E-state index in [0.717, 1.165) is 31.2 Å². The highest BCUT2D eigenvalue weighted by molar-refractivity contribution is 5.89. The first-order valence-corrected chi connectivity index (χ1v) is 8.72. The Morgan fingerprint density at radius 2 is 1.84 bits per heavy atom. The van der Waals surface area contributed by atoms with Crippen molar-refractivity contribution in [3.63, 3.8) is 0 Å². The maximum absolute atomic E-state index is 12.3. The second-order valence-electron chi connectivity index (χ2n) is 6.68. The van der Waals surface area contributed by atoms with E-state index in [0.29, 0.717) is 18.2 Å². The number of esters is 2. The van der Waals surface area contributed by atoms with Crippen LogP contribution in [-0.4, -0.2) is 42.4 Å². The summed E-state index contributed by atoms with van der Waals surface area (Å²) in [6.45, 7) is 0.609. The Kier molecular flexibility index (Phi) is 5.36. The molecule has 0 bridgehead atoms. The van der Waals surface area contributed by atoms with Crippen molar-refractivity contribution in [2.24, 2.45) is 5.92 Å². The lowest BCUT2D eigenvalue weighted by molar-refractivity contribution is -0.149. The molecule has 1 amide bonds. The molecule has 1 aromatic carbocycles. The number of likely N-dealkylation sites (tertiary alicyclic amines) is 1. The van der Waals surface area contributed by atoms with E-state index in [1.54, 1.807) is 24.3 Å². The van der Waals surface area contributed by atoms with Crippen LogP contribution < -0.4 is 0 Å². The number of carbonyl (C=O) groups is 3. The Balaban J connectivity index is 1.51. The molecule has 134 valence electrons. The average molecular weight is 345 g/mol. The molecule has 0 unspecified atom stereocenters. The minimum absolute atomic E-state index is 0.0660. The lowest BCUT2D eigenvalue weighted by atomic mass is 10.1. The average Bonchev–Trinajstić information content (AvgIpc) is 3.28. The van der Waals surface area contributed by atoms with E-state index in [4.69, 9.17) is 4.74 Å². The first-order valence-electron chi connectivity index (χ1n) is 8.72. The Bertz CT molecular complexity index is 648. The number of rotatable bonds is 5. The van der Waals surface area contributed by atoms with Crippen LogP contribution in [0.3, 0.4) is 0 Å². The van der Waals surface area contributed by atoms with E-state index in [-0.39, 0.29) is 30.8 Å². The van der Waals surface area contributed by atoms with Gasteiger partial charge >= 0.3 is 11.9 Å². The van der Waals surface area contributed by atoms with Crippen LogP contribution in [0.15, 0.2) is 24.3 Å². The number of amides is 1. The molecular weight excluding hydrogens is 322 g/mol. The SMILES string of the molecule is COC(=O)c1ccc(COC(=O)[C@H]2CC(=O)N(C3CCCC3)C2)cc1. The number of hydrogen-bond acceptors (Lipinski definition) is 5. The number of benzene rings is 1. The molecule has 0 N–H and O–H groups in total. The zero-order valence-electron chi connectivity index (χ0n) is 14.4. The molecule has 1 atom stereocenters. The van der Waals surface area contributed by atoms with Gasteiger partial charge in [-0.25, -0.2) is 4.79 Å². The molecule has 1 aromatic rings. The van der Waals surface area contributed by atoms with Gasteiger partial charge in [0.2, 0.25) is 5.91 Å². The van der Waals surface area contributed by atoms with Crippen molar-refractivity contribution < 1.29 is 23.9 Å². The fourth-order valence-electron chi connectivity index (χ4n) is 3.59. The van der Waals surface area contributed by atoms with E-state index < -0.39 is 5.97 Å². The van der Waals surface area contributed by atoms with Gasteiger partial charge in [0.15, 0.2) is 0 Å². The molecule has 2 fully saturated rings. The third-order valence-electron chi connectivity index (χ3n) is 5.01. The number of nitrogens with zero attached hydrogens (tertiary/aromatic N) is 1. The van der Waals surface area contributed by atoms with Crippen LogP contribution in [0.4, 0.5) is 0 Å². The molecular formula is C19H23NO5. The predicted molar refractivity (Wildman–Crippen MR) is 89.7 cm³/mol. The van der Waals surface area contributed by atoms with Crippen LogP contribution in [0.25, 0.3) is 0 Å². The van der Waals surface area contributed by atoms with Crippen molar-refractivity contribution in [1.29, 1.82) is 0 Å². The molecule has 6 heteroatoms. The van der Waals surface area contributed by atoms with E-state index >= 15 is 0 Å². The van der Waals surface area contributed by atoms with Crippen molar-refractivity contribution in [3.05, 3.63) is 35.4 Å². The van der Waals surface area contributed by atoms with Gasteiger partial charge in [-0.1, -0.05) is 25.0 Å². The lowest BCUT2D eigenvalue weighted by Gasteiger charge is -2.23. The van der Waals surface area contributed by atoms with Gasteiger partial charge in [0.25, 0.3) is 0 Å². The Hall–Kier alpha value is -2.37. The molecule has 1 aliphatic heterocycles. The number of hydrogen-bond donors (Lipinski definition) is 0. The largest absolute Gasteiger partial charge is 0.465 e. The Labute approximate surface area is 147 Å². The van der Waals surface area contributed by atoms with Gasteiger partial charge in [-0.15, -0.1) is 0 Å². The fraction of sp³-hybridized carbons (Fsp3) is 0.526. The molecule has 0 spiro atoms. The Morgan fingerprint density at radius 1 is 1.16 bits per heavy atom. The summed E-state index contributed by atoms with van der Waals surface area (Å²) in [6, 6.07) is 7.02. The number of carbonyl (C=O) groups excluding carboxylic acids is 3. The molecule has 1 saturated carbocycles. The lowest BCUT2D eigenvalue weighted by Crippen LogP contribution is -2.35. The quantitative estimate of drug-likeness (QED) is 0.766. The molecule has 6 nitrogen and oxygen atoms in total. The summed E-state index contributed by atoms with van der Waals surface area (Å²) in [4.78, 5) is 37.7. The van der Waals surface area contributed by atoms with Crippen LogP contribution in [-0.2, 0) is 25.7 Å². The first kappa shape index (κ1) is 17.5. The minimum Gasteiger partial charge on any atom is -0.465 e. The summed E-state index contributed by atoms with van der Waals surface area (Å²) >= 11 is 0. The highest BCUT2D eigenvalue weighted by Crippen LogP contribution is 2.30. The van der Waals surface area contributed by atoms with Gasteiger partial charge in [-0.3, -0.25) is 9.59 Å². The summed E-state index contributed by atoms with van der Waals surface area (Å²) in [5.74, 6) is -1.04. The molecule has 1 heterocycles. The highest BCUT2D eigenvalue weighted by atomic mass is 16.5. The van der Waals surface area contributed by atoms with Crippen molar-refractivity contribution in [1.82, 2.24) is 4.90 Å². The van der Waals surface area contributed by atoms with Crippen LogP contribution in [0.1, 0.15) is 48.0 Å². The van der Waals surface area contributed by atoms with Crippen LogP contribution in [0.5, 0.6) is 0 Å². The van der Waals surface area contributed by atoms with Gasteiger partial charge in [0.1, 0.15) is 6.61 Å². The topological polar surface area (TPSA) is 72.9 Å². The molecule has 0 radical (unpaired) electrons. The summed E-state index contributed by atoms with van der Waals surface area (Å²) in [6.07, 6.45) is 4.65. The molecule has 1 saturated heterocycles. The van der Waals surface area contributed by atoms with Crippen LogP contribution >= 0.6 is 0 Å². The van der Waals surface area contributed by atoms with Crippen molar-refractivity contribution >= 4 is 17.8 Å². The highest BCUT2D eigenvalue weighted by Gasteiger charge is 2.39. The predicted octanol–water partition coefficient (Wildman–Crippen LogP) is 2.31. The van der Waals surface area contributed by atoms with Crippen molar-refractivity contribution in [3.8, 4) is 0 Å². The number of methoxy groups -OCH3 is 1. The maximum atomic E-state index is 12.3. The second kappa shape index (κ2) is 7.68. The third-order valence-corrected chi connectivity index (χ3v) is 5.01. The summed E-state index contributed by atoms with van der Waals surface area (Å²) in [7, 11) is 1.33. The van der Waals surface area contributed by atoms with Crippen molar-refractivity contribution in [2.75, 3.05) is 13.7 Å². The summed E-state index contributed by atoms with van der Waals surface area (Å²) in [5.41, 5.74) is 1.24. The summed E-state index contributed by atoms with van der Waals surface area (Å²) in [5, 5.41) is 0. The van der Waals surface area contributed by atoms with Crippen molar-refractivity contribution in [2.45, 2.75) is 44.8 Å². The van der Waals surface area contributed by atoms with Gasteiger partial charge in [0, 0.05) is 19.0 Å². The monoisotopic (exact) mass is 345 g/mol. The first-order chi connectivity index (χ1) is 12.1. The van der Waals surface area contributed by atoms with Crippen LogP contribution in [0.2, 0.25) is 0 Å². The summed E-state index contributed by atoms with van der Waals surface area (Å²) < 4.78 is 10.0. The zero-order valence-corrected chi connectivity index (χ0v) is 14.4. The van der Waals surface area contributed by atoms with Crippen LogP contribution in [0, 0.1) is 5.92 Å². The van der Waals surface area contributed by atoms with E-state index in [2.05, 4.69) is 4.74 Å². The van der Waals surface area contributed by atoms with Gasteiger partial charge in [-0.05, 0) is 30.5 Å². The minimum atomic E-state index is -0.403. The van der Waals surface area contributed by atoms with Gasteiger partial charge < -0.3 is 14.4 Å². The van der Waals surface area contributed by atoms with Gasteiger partial charge in [-0.2, -0.15) is 0 Å².